The molecule has 4 nitrogen and oxygen atoms in total. The molecular weight excluding hydrogens is 254 g/mol. The van der Waals surface area contributed by atoms with Crippen molar-refractivity contribution in [3.8, 4) is 11.5 Å². The van der Waals surface area contributed by atoms with Crippen molar-refractivity contribution in [1.82, 2.24) is 4.90 Å². The molecular formula is C16H23NO3. The largest absolute Gasteiger partial charge is 0.490 e. The number of carbonyl (C=O) groups excluding carboxylic acids is 1. The van der Waals surface area contributed by atoms with E-state index in [9.17, 15) is 4.79 Å². The van der Waals surface area contributed by atoms with Crippen molar-refractivity contribution < 1.29 is 14.3 Å². The Morgan fingerprint density at radius 3 is 2.85 bits per heavy atom. The third kappa shape index (κ3) is 4.23. The van der Waals surface area contributed by atoms with E-state index in [2.05, 4.69) is 18.9 Å². The lowest BCUT2D eigenvalue weighted by Crippen LogP contribution is -2.30. The van der Waals surface area contributed by atoms with Crippen LogP contribution in [0.5, 0.6) is 11.5 Å². The summed E-state index contributed by atoms with van der Waals surface area (Å²) in [5, 5.41) is 0. The molecule has 4 heteroatoms. The zero-order valence-corrected chi connectivity index (χ0v) is 12.5. The van der Waals surface area contributed by atoms with Crippen molar-refractivity contribution in [3.05, 3.63) is 24.3 Å². The smallest absolute Gasteiger partial charge is 0.308 e. The van der Waals surface area contributed by atoms with Gasteiger partial charge in [-0.2, -0.15) is 0 Å². The van der Waals surface area contributed by atoms with Crippen LogP contribution >= 0.6 is 0 Å². The van der Waals surface area contributed by atoms with Crippen LogP contribution in [0, 0.1) is 5.92 Å². The molecule has 1 aromatic carbocycles. The Balaban J connectivity index is 2.03. The topological polar surface area (TPSA) is 38.8 Å². The first-order valence-corrected chi connectivity index (χ1v) is 7.18. The highest BCUT2D eigenvalue weighted by molar-refractivity contribution is 5.69. The van der Waals surface area contributed by atoms with E-state index in [4.69, 9.17) is 9.47 Å². The number of hydrogen-bond donors (Lipinski definition) is 0. The normalized spacial score (nSPS) is 23.9. The van der Waals surface area contributed by atoms with Crippen LogP contribution in [0.4, 0.5) is 0 Å². The summed E-state index contributed by atoms with van der Waals surface area (Å²) in [5.41, 5.74) is 0. The second kappa shape index (κ2) is 6.75. The van der Waals surface area contributed by atoms with E-state index in [0.29, 0.717) is 11.7 Å². The molecule has 1 aliphatic heterocycles. The number of benzene rings is 1. The number of likely N-dealkylation sites (tertiary alicyclic amines) is 1. The molecule has 2 rings (SSSR count). The molecule has 0 spiro atoms. The minimum Gasteiger partial charge on any atom is -0.490 e. The van der Waals surface area contributed by atoms with Crippen LogP contribution in [0.3, 0.4) is 0 Å². The number of hydrogen-bond acceptors (Lipinski definition) is 4. The number of nitrogens with zero attached hydrogens (tertiary/aromatic N) is 1. The van der Waals surface area contributed by atoms with Gasteiger partial charge in [0.1, 0.15) is 17.6 Å². The second-order valence-corrected chi connectivity index (χ2v) is 5.61. The van der Waals surface area contributed by atoms with Gasteiger partial charge in [0.2, 0.25) is 0 Å². The van der Waals surface area contributed by atoms with Gasteiger partial charge in [-0.05, 0) is 38.6 Å². The molecule has 110 valence electrons. The maximum Gasteiger partial charge on any atom is 0.308 e. The van der Waals surface area contributed by atoms with Crippen molar-refractivity contribution in [1.29, 1.82) is 0 Å². The van der Waals surface area contributed by atoms with Crippen LogP contribution < -0.4 is 9.47 Å². The van der Waals surface area contributed by atoms with Crippen molar-refractivity contribution in [2.24, 2.45) is 5.92 Å². The van der Waals surface area contributed by atoms with Crippen LogP contribution in [0.1, 0.15) is 26.7 Å². The molecule has 1 heterocycles. The number of esters is 1. The molecule has 1 aliphatic rings. The number of carbonyl (C=O) groups is 1. The van der Waals surface area contributed by atoms with Gasteiger partial charge < -0.3 is 14.4 Å². The van der Waals surface area contributed by atoms with Crippen LogP contribution in [0.25, 0.3) is 0 Å². The minimum absolute atomic E-state index is 0.215. The van der Waals surface area contributed by atoms with Crippen molar-refractivity contribution >= 4 is 5.97 Å². The zero-order valence-electron chi connectivity index (χ0n) is 12.5. The molecule has 0 aliphatic carbocycles. The predicted molar refractivity (Wildman–Crippen MR) is 78.1 cm³/mol. The van der Waals surface area contributed by atoms with Crippen LogP contribution in [0.15, 0.2) is 24.3 Å². The summed E-state index contributed by atoms with van der Waals surface area (Å²) >= 11 is 0. The quantitative estimate of drug-likeness (QED) is 0.629. The lowest BCUT2D eigenvalue weighted by molar-refractivity contribution is -0.131. The summed E-state index contributed by atoms with van der Waals surface area (Å²) in [4.78, 5) is 13.3. The Morgan fingerprint density at radius 2 is 2.10 bits per heavy atom. The van der Waals surface area contributed by atoms with E-state index in [1.54, 1.807) is 12.1 Å². The van der Waals surface area contributed by atoms with Gasteiger partial charge in [-0.1, -0.05) is 13.0 Å². The Kier molecular flexibility index (Phi) is 5.01. The summed E-state index contributed by atoms with van der Waals surface area (Å²) in [7, 11) is 2.15. The lowest BCUT2D eigenvalue weighted by atomic mass is 10.0. The minimum atomic E-state index is -0.313. The first kappa shape index (κ1) is 14.9. The van der Waals surface area contributed by atoms with Crippen LogP contribution in [-0.2, 0) is 4.79 Å². The van der Waals surface area contributed by atoms with Gasteiger partial charge in [-0.3, -0.25) is 4.79 Å². The molecule has 1 aromatic rings. The fourth-order valence-corrected chi connectivity index (χ4v) is 2.67. The second-order valence-electron chi connectivity index (χ2n) is 5.61. The third-order valence-electron chi connectivity index (χ3n) is 3.62. The fourth-order valence-electron chi connectivity index (χ4n) is 2.67. The maximum absolute atomic E-state index is 11.0. The average molecular weight is 277 g/mol. The van der Waals surface area contributed by atoms with E-state index in [1.165, 1.54) is 6.92 Å². The summed E-state index contributed by atoms with van der Waals surface area (Å²) in [5.74, 6) is 1.48. The highest BCUT2D eigenvalue weighted by atomic mass is 16.5. The molecule has 0 radical (unpaired) electrons. The first-order valence-electron chi connectivity index (χ1n) is 7.18. The van der Waals surface area contributed by atoms with E-state index in [1.807, 2.05) is 12.1 Å². The van der Waals surface area contributed by atoms with Crippen molar-refractivity contribution in [3.63, 3.8) is 0 Å². The van der Waals surface area contributed by atoms with Gasteiger partial charge in [0.05, 0.1) is 0 Å². The molecule has 0 aromatic heterocycles. The molecule has 1 saturated heterocycles. The van der Waals surface area contributed by atoms with Crippen molar-refractivity contribution in [2.75, 3.05) is 20.1 Å². The Bertz CT molecular complexity index is 461. The Labute approximate surface area is 120 Å². The Hall–Kier alpha value is -1.55. The molecule has 2 unspecified atom stereocenters. The first-order chi connectivity index (χ1) is 9.54. The highest BCUT2D eigenvalue weighted by Gasteiger charge is 2.23. The molecule has 20 heavy (non-hydrogen) atoms. The van der Waals surface area contributed by atoms with Crippen LogP contribution in [-0.4, -0.2) is 37.1 Å². The summed E-state index contributed by atoms with van der Waals surface area (Å²) in [6.07, 6.45) is 2.42. The van der Waals surface area contributed by atoms with Gasteiger partial charge in [-0.15, -0.1) is 0 Å². The van der Waals surface area contributed by atoms with Gasteiger partial charge in [0.15, 0.2) is 0 Å². The summed E-state index contributed by atoms with van der Waals surface area (Å²) in [6, 6.07) is 7.30. The van der Waals surface area contributed by atoms with Gasteiger partial charge in [-0.25, -0.2) is 0 Å². The van der Waals surface area contributed by atoms with E-state index >= 15 is 0 Å². The third-order valence-corrected chi connectivity index (χ3v) is 3.62. The molecule has 0 saturated carbocycles. The highest BCUT2D eigenvalue weighted by Crippen LogP contribution is 2.25. The lowest BCUT2D eigenvalue weighted by Gasteiger charge is -2.24. The summed E-state index contributed by atoms with van der Waals surface area (Å²) < 4.78 is 11.2. The van der Waals surface area contributed by atoms with Gasteiger partial charge in [0.25, 0.3) is 0 Å². The van der Waals surface area contributed by atoms with Crippen molar-refractivity contribution in [2.45, 2.75) is 32.8 Å². The SMILES string of the molecule is CC(=O)Oc1cccc(OC2CCCN(C)CC2C)c1. The number of rotatable bonds is 3. The van der Waals surface area contributed by atoms with E-state index < -0.39 is 0 Å². The van der Waals surface area contributed by atoms with Gasteiger partial charge in [0, 0.05) is 25.5 Å². The molecule has 0 amide bonds. The zero-order chi connectivity index (χ0) is 14.5. The Morgan fingerprint density at radius 1 is 1.35 bits per heavy atom. The van der Waals surface area contributed by atoms with E-state index in [0.717, 1.165) is 31.7 Å². The monoisotopic (exact) mass is 277 g/mol. The molecule has 2 atom stereocenters. The number of ether oxygens (including phenoxy) is 2. The predicted octanol–water partition coefficient (Wildman–Crippen LogP) is 2.72. The standard InChI is InChI=1S/C16H23NO3/c1-12-11-17(3)9-5-8-16(12)20-15-7-4-6-14(10-15)19-13(2)18/h4,6-7,10,12,16H,5,8-9,11H2,1-3H3. The van der Waals surface area contributed by atoms with E-state index in [-0.39, 0.29) is 12.1 Å². The van der Waals surface area contributed by atoms with Crippen LogP contribution in [0.2, 0.25) is 0 Å². The fraction of sp³-hybridized carbons (Fsp3) is 0.562. The molecule has 1 fully saturated rings. The molecule has 0 N–H and O–H groups in total. The molecule has 0 bridgehead atoms. The van der Waals surface area contributed by atoms with Gasteiger partial charge >= 0.3 is 5.97 Å². The average Bonchev–Trinajstić information content (AvgIpc) is 2.51. The summed E-state index contributed by atoms with van der Waals surface area (Å²) in [6.45, 7) is 5.80. The maximum atomic E-state index is 11.0.